The molecule has 0 aliphatic carbocycles. The number of amides is 1. The number of rotatable bonds is 3. The van der Waals surface area contributed by atoms with Gasteiger partial charge in [-0.25, -0.2) is 0 Å². The summed E-state index contributed by atoms with van der Waals surface area (Å²) < 4.78 is 0. The van der Waals surface area contributed by atoms with Crippen LogP contribution in [0.3, 0.4) is 0 Å². The molecule has 2 nitrogen and oxygen atoms in total. The highest BCUT2D eigenvalue weighted by molar-refractivity contribution is 5.76. The Kier molecular flexibility index (Phi) is 14.7. The van der Waals surface area contributed by atoms with Crippen molar-refractivity contribution in [1.29, 1.82) is 0 Å². The molecule has 0 aromatic heterocycles. The first-order valence-electron chi connectivity index (χ1n) is 4.53. The molecule has 0 spiro atoms. The van der Waals surface area contributed by atoms with Crippen molar-refractivity contribution in [3.05, 3.63) is 13.2 Å². The minimum Gasteiger partial charge on any atom is -0.345 e. The van der Waals surface area contributed by atoms with Gasteiger partial charge in [0.25, 0.3) is 0 Å². The molecule has 1 amide bonds. The molecule has 0 unspecified atom stereocenters. The normalized spacial score (nSPS) is 7.23. The molecule has 0 aromatic carbocycles. The molecular formula is C11H19NO. The Bertz CT molecular complexity index is 176. The van der Waals surface area contributed by atoms with Crippen LogP contribution in [0, 0.1) is 11.8 Å². The SMILES string of the molecule is C=C.CCC#CCNC(=O)CCC. The number of hydrogen-bond donors (Lipinski definition) is 1. The van der Waals surface area contributed by atoms with Gasteiger partial charge in [0.2, 0.25) is 5.91 Å². The van der Waals surface area contributed by atoms with Gasteiger partial charge in [0.1, 0.15) is 0 Å². The van der Waals surface area contributed by atoms with Gasteiger partial charge in [-0.2, -0.15) is 0 Å². The number of hydrogen-bond acceptors (Lipinski definition) is 1. The molecule has 0 aliphatic heterocycles. The Labute approximate surface area is 81.4 Å². The Morgan fingerprint density at radius 1 is 1.31 bits per heavy atom. The first-order valence-corrected chi connectivity index (χ1v) is 4.53. The van der Waals surface area contributed by atoms with Gasteiger partial charge in [-0.3, -0.25) is 4.79 Å². The van der Waals surface area contributed by atoms with Crippen molar-refractivity contribution in [3.63, 3.8) is 0 Å². The fourth-order valence-electron chi connectivity index (χ4n) is 0.646. The Balaban J connectivity index is 0. The largest absolute Gasteiger partial charge is 0.345 e. The first-order chi connectivity index (χ1) is 6.31. The summed E-state index contributed by atoms with van der Waals surface area (Å²) in [6, 6.07) is 0. The molecule has 1 N–H and O–H groups in total. The highest BCUT2D eigenvalue weighted by Crippen LogP contribution is 1.83. The molecule has 0 rings (SSSR count). The topological polar surface area (TPSA) is 29.1 Å². The van der Waals surface area contributed by atoms with Crippen LogP contribution in [-0.4, -0.2) is 12.5 Å². The monoisotopic (exact) mass is 181 g/mol. The van der Waals surface area contributed by atoms with E-state index in [4.69, 9.17) is 0 Å². The van der Waals surface area contributed by atoms with Gasteiger partial charge in [0.15, 0.2) is 0 Å². The van der Waals surface area contributed by atoms with Gasteiger partial charge >= 0.3 is 0 Å². The fraction of sp³-hybridized carbons (Fsp3) is 0.545. The van der Waals surface area contributed by atoms with Crippen molar-refractivity contribution in [3.8, 4) is 11.8 Å². The van der Waals surface area contributed by atoms with Crippen LogP contribution in [0.5, 0.6) is 0 Å². The first kappa shape index (κ1) is 14.3. The van der Waals surface area contributed by atoms with Crippen LogP contribution < -0.4 is 5.32 Å². The van der Waals surface area contributed by atoms with Crippen molar-refractivity contribution >= 4 is 5.91 Å². The lowest BCUT2D eigenvalue weighted by atomic mass is 10.3. The lowest BCUT2D eigenvalue weighted by molar-refractivity contribution is -0.120. The lowest BCUT2D eigenvalue weighted by Crippen LogP contribution is -2.22. The summed E-state index contributed by atoms with van der Waals surface area (Å²) in [4.78, 5) is 10.8. The predicted molar refractivity (Wildman–Crippen MR) is 57.2 cm³/mol. The van der Waals surface area contributed by atoms with Crippen molar-refractivity contribution in [2.24, 2.45) is 0 Å². The Morgan fingerprint density at radius 3 is 2.38 bits per heavy atom. The summed E-state index contributed by atoms with van der Waals surface area (Å²) in [5, 5.41) is 2.71. The van der Waals surface area contributed by atoms with E-state index >= 15 is 0 Å². The van der Waals surface area contributed by atoms with E-state index in [1.165, 1.54) is 0 Å². The number of carbonyl (C=O) groups excluding carboxylic acids is 1. The zero-order valence-corrected chi connectivity index (χ0v) is 8.65. The fourth-order valence-corrected chi connectivity index (χ4v) is 0.646. The van der Waals surface area contributed by atoms with Gasteiger partial charge in [0, 0.05) is 12.8 Å². The molecule has 13 heavy (non-hydrogen) atoms. The molecule has 0 aliphatic rings. The van der Waals surface area contributed by atoms with E-state index in [9.17, 15) is 4.79 Å². The van der Waals surface area contributed by atoms with E-state index in [-0.39, 0.29) is 5.91 Å². The second-order valence-electron chi connectivity index (χ2n) is 2.23. The summed E-state index contributed by atoms with van der Waals surface area (Å²) in [5.41, 5.74) is 0. The van der Waals surface area contributed by atoms with E-state index < -0.39 is 0 Å². The van der Waals surface area contributed by atoms with E-state index in [0.717, 1.165) is 12.8 Å². The maximum Gasteiger partial charge on any atom is 0.220 e. The molecule has 0 saturated heterocycles. The molecule has 0 saturated carbocycles. The third-order valence-corrected chi connectivity index (χ3v) is 1.15. The average molecular weight is 181 g/mol. The molecular weight excluding hydrogens is 162 g/mol. The van der Waals surface area contributed by atoms with Gasteiger partial charge < -0.3 is 5.32 Å². The molecule has 0 atom stereocenters. The molecule has 0 fully saturated rings. The molecule has 0 bridgehead atoms. The van der Waals surface area contributed by atoms with E-state index in [1.807, 2.05) is 13.8 Å². The lowest BCUT2D eigenvalue weighted by Gasteiger charge is -1.96. The standard InChI is InChI=1S/C9H15NO.C2H4/c1-3-5-6-8-10-9(11)7-4-2;1-2/h3-4,7-8H2,1-2H3,(H,10,11);1-2H2. The maximum atomic E-state index is 10.8. The summed E-state index contributed by atoms with van der Waals surface area (Å²) in [7, 11) is 0. The van der Waals surface area contributed by atoms with E-state index in [1.54, 1.807) is 0 Å². The Hall–Kier alpha value is -1.23. The van der Waals surface area contributed by atoms with Crippen molar-refractivity contribution < 1.29 is 4.79 Å². The van der Waals surface area contributed by atoms with Gasteiger partial charge in [-0.1, -0.05) is 19.8 Å². The molecule has 0 heterocycles. The van der Waals surface area contributed by atoms with Crippen LogP contribution in [0.1, 0.15) is 33.1 Å². The van der Waals surface area contributed by atoms with Crippen LogP contribution in [0.15, 0.2) is 13.2 Å². The smallest absolute Gasteiger partial charge is 0.220 e. The van der Waals surface area contributed by atoms with Crippen LogP contribution in [-0.2, 0) is 4.79 Å². The van der Waals surface area contributed by atoms with Crippen molar-refractivity contribution in [2.45, 2.75) is 33.1 Å². The highest BCUT2D eigenvalue weighted by atomic mass is 16.1. The van der Waals surface area contributed by atoms with Crippen LogP contribution in [0.25, 0.3) is 0 Å². The third kappa shape index (κ3) is 13.7. The molecule has 2 heteroatoms. The second-order valence-corrected chi connectivity index (χ2v) is 2.23. The van der Waals surface area contributed by atoms with Crippen molar-refractivity contribution in [1.82, 2.24) is 5.32 Å². The van der Waals surface area contributed by atoms with Crippen LogP contribution in [0.4, 0.5) is 0 Å². The number of nitrogens with one attached hydrogen (secondary N) is 1. The summed E-state index contributed by atoms with van der Waals surface area (Å²) in [6.07, 6.45) is 2.35. The second kappa shape index (κ2) is 13.4. The Morgan fingerprint density at radius 2 is 1.92 bits per heavy atom. The van der Waals surface area contributed by atoms with Crippen molar-refractivity contribution in [2.75, 3.05) is 6.54 Å². The summed E-state index contributed by atoms with van der Waals surface area (Å²) in [5.74, 6) is 5.82. The zero-order valence-electron chi connectivity index (χ0n) is 8.65. The molecule has 74 valence electrons. The van der Waals surface area contributed by atoms with E-state index in [2.05, 4.69) is 30.3 Å². The van der Waals surface area contributed by atoms with E-state index in [0.29, 0.717) is 13.0 Å². The summed E-state index contributed by atoms with van der Waals surface area (Å²) >= 11 is 0. The minimum absolute atomic E-state index is 0.0953. The highest BCUT2D eigenvalue weighted by Gasteiger charge is 1.93. The quantitative estimate of drug-likeness (QED) is 0.524. The van der Waals surface area contributed by atoms with Gasteiger partial charge in [-0.05, 0) is 6.42 Å². The van der Waals surface area contributed by atoms with Gasteiger partial charge in [-0.15, -0.1) is 19.1 Å². The minimum atomic E-state index is 0.0953. The molecule has 0 aromatic rings. The van der Waals surface area contributed by atoms with Crippen LogP contribution in [0.2, 0.25) is 0 Å². The number of carbonyl (C=O) groups is 1. The van der Waals surface area contributed by atoms with Crippen LogP contribution >= 0.6 is 0 Å². The zero-order chi connectivity index (χ0) is 10.5. The average Bonchev–Trinajstić information content (AvgIpc) is 2.16. The molecule has 0 radical (unpaired) electrons. The van der Waals surface area contributed by atoms with Gasteiger partial charge in [0.05, 0.1) is 6.54 Å². The maximum absolute atomic E-state index is 10.8. The predicted octanol–water partition coefficient (Wildman–Crippen LogP) is 2.12. The third-order valence-electron chi connectivity index (χ3n) is 1.15. The summed E-state index contributed by atoms with van der Waals surface area (Å²) in [6.45, 7) is 10.5.